The number of nitrogens with zero attached hydrogens (tertiary/aromatic N) is 2. The summed E-state index contributed by atoms with van der Waals surface area (Å²) in [6.45, 7) is 5.87. The second kappa shape index (κ2) is 9.59. The number of para-hydroxylation sites is 2. The number of methoxy groups -OCH3 is 1. The minimum atomic E-state index is 0.119. The van der Waals surface area contributed by atoms with E-state index in [0.29, 0.717) is 6.42 Å². The Kier molecular flexibility index (Phi) is 6.91. The van der Waals surface area contributed by atoms with E-state index in [0.717, 1.165) is 56.3 Å². The van der Waals surface area contributed by atoms with Gasteiger partial charge >= 0.3 is 0 Å². The molecule has 1 saturated heterocycles. The van der Waals surface area contributed by atoms with Crippen molar-refractivity contribution >= 4 is 22.9 Å². The van der Waals surface area contributed by atoms with Gasteiger partial charge in [-0.25, -0.2) is 0 Å². The molecule has 26 heavy (non-hydrogen) atoms. The summed E-state index contributed by atoms with van der Waals surface area (Å²) in [5, 5.41) is 5.03. The first-order valence-electron chi connectivity index (χ1n) is 9.15. The summed E-state index contributed by atoms with van der Waals surface area (Å²) >= 11 is 1.63. The van der Waals surface area contributed by atoms with E-state index in [1.807, 2.05) is 29.6 Å². The van der Waals surface area contributed by atoms with Gasteiger partial charge in [-0.3, -0.25) is 9.69 Å². The van der Waals surface area contributed by atoms with Crippen LogP contribution in [0.3, 0.4) is 0 Å². The standard InChI is InChI=1S/C20H27N3O2S/c1-25-19-8-3-2-7-18(19)23-13-11-22(12-14-23)10-5-9-21-20(24)16-17-6-4-15-26-17/h2-4,6-8,15H,5,9-14,16H2,1H3,(H,21,24). The maximum atomic E-state index is 11.9. The number of carbonyl (C=O) groups excluding carboxylic acids is 1. The molecule has 0 unspecified atom stereocenters. The second-order valence-electron chi connectivity index (χ2n) is 6.46. The number of rotatable bonds is 8. The monoisotopic (exact) mass is 373 g/mol. The smallest absolute Gasteiger partial charge is 0.225 e. The van der Waals surface area contributed by atoms with Crippen molar-refractivity contribution in [3.63, 3.8) is 0 Å². The predicted molar refractivity (Wildman–Crippen MR) is 107 cm³/mol. The van der Waals surface area contributed by atoms with Crippen molar-refractivity contribution in [1.82, 2.24) is 10.2 Å². The average Bonchev–Trinajstić information content (AvgIpc) is 3.18. The number of nitrogens with one attached hydrogen (secondary N) is 1. The molecule has 1 aliphatic heterocycles. The van der Waals surface area contributed by atoms with E-state index in [-0.39, 0.29) is 5.91 Å². The molecule has 1 fully saturated rings. The lowest BCUT2D eigenvalue weighted by Gasteiger charge is -2.36. The highest BCUT2D eigenvalue weighted by Crippen LogP contribution is 2.28. The van der Waals surface area contributed by atoms with Crippen LogP contribution in [0.15, 0.2) is 41.8 Å². The molecule has 140 valence electrons. The zero-order chi connectivity index (χ0) is 18.2. The Morgan fingerprint density at radius 3 is 2.69 bits per heavy atom. The molecule has 1 aromatic carbocycles. The summed E-state index contributed by atoms with van der Waals surface area (Å²) < 4.78 is 5.47. The number of thiophene rings is 1. The van der Waals surface area contributed by atoms with Crippen LogP contribution in [-0.2, 0) is 11.2 Å². The van der Waals surface area contributed by atoms with Gasteiger partial charge in [0.05, 0.1) is 19.2 Å². The van der Waals surface area contributed by atoms with Crippen molar-refractivity contribution in [2.45, 2.75) is 12.8 Å². The van der Waals surface area contributed by atoms with Crippen molar-refractivity contribution in [3.8, 4) is 5.75 Å². The zero-order valence-corrected chi connectivity index (χ0v) is 16.1. The van der Waals surface area contributed by atoms with E-state index in [9.17, 15) is 4.79 Å². The highest BCUT2D eigenvalue weighted by Gasteiger charge is 2.19. The molecule has 0 atom stereocenters. The maximum Gasteiger partial charge on any atom is 0.225 e. The quantitative estimate of drug-likeness (QED) is 0.723. The van der Waals surface area contributed by atoms with Gasteiger partial charge < -0.3 is 15.0 Å². The Hall–Kier alpha value is -2.05. The first-order chi connectivity index (χ1) is 12.8. The lowest BCUT2D eigenvalue weighted by atomic mass is 10.2. The van der Waals surface area contributed by atoms with Crippen molar-refractivity contribution < 1.29 is 9.53 Å². The molecule has 1 aliphatic rings. The number of amides is 1. The zero-order valence-electron chi connectivity index (χ0n) is 15.3. The third-order valence-electron chi connectivity index (χ3n) is 4.69. The van der Waals surface area contributed by atoms with Crippen LogP contribution >= 0.6 is 11.3 Å². The summed E-state index contributed by atoms with van der Waals surface area (Å²) in [6, 6.07) is 12.2. The van der Waals surface area contributed by atoms with Crippen molar-refractivity contribution in [2.75, 3.05) is 51.3 Å². The Bertz CT molecular complexity index is 682. The molecule has 1 N–H and O–H groups in total. The van der Waals surface area contributed by atoms with Crippen molar-refractivity contribution in [2.24, 2.45) is 0 Å². The van der Waals surface area contributed by atoms with Crippen LogP contribution in [-0.4, -0.2) is 57.2 Å². The fraction of sp³-hybridized carbons (Fsp3) is 0.450. The van der Waals surface area contributed by atoms with Gasteiger partial charge in [0.15, 0.2) is 0 Å². The minimum Gasteiger partial charge on any atom is -0.495 e. The molecule has 1 aromatic heterocycles. The molecule has 0 saturated carbocycles. The molecular formula is C20H27N3O2S. The summed E-state index contributed by atoms with van der Waals surface area (Å²) in [6.07, 6.45) is 1.49. The topological polar surface area (TPSA) is 44.8 Å². The Morgan fingerprint density at radius 2 is 1.96 bits per heavy atom. The van der Waals surface area contributed by atoms with Gasteiger partial charge in [0.1, 0.15) is 5.75 Å². The SMILES string of the molecule is COc1ccccc1N1CCN(CCCNC(=O)Cc2cccs2)CC1. The molecule has 6 heteroatoms. The van der Waals surface area contributed by atoms with Crippen LogP contribution in [0.25, 0.3) is 0 Å². The van der Waals surface area contributed by atoms with Gasteiger partial charge in [-0.2, -0.15) is 0 Å². The summed E-state index contributed by atoms with van der Waals surface area (Å²) in [7, 11) is 1.72. The molecule has 2 heterocycles. The lowest BCUT2D eigenvalue weighted by Crippen LogP contribution is -2.47. The molecule has 5 nitrogen and oxygen atoms in total. The molecule has 0 radical (unpaired) electrons. The normalized spacial score (nSPS) is 15.0. The van der Waals surface area contributed by atoms with Gasteiger partial charge in [-0.15, -0.1) is 11.3 Å². The van der Waals surface area contributed by atoms with Crippen LogP contribution < -0.4 is 15.0 Å². The van der Waals surface area contributed by atoms with E-state index in [2.05, 4.69) is 27.2 Å². The van der Waals surface area contributed by atoms with Crippen LogP contribution in [0.1, 0.15) is 11.3 Å². The minimum absolute atomic E-state index is 0.119. The van der Waals surface area contributed by atoms with E-state index >= 15 is 0 Å². The maximum absolute atomic E-state index is 11.9. The third kappa shape index (κ3) is 5.22. The van der Waals surface area contributed by atoms with Gasteiger partial charge in [0, 0.05) is 37.6 Å². The summed E-state index contributed by atoms with van der Waals surface area (Å²) in [5.41, 5.74) is 1.18. The second-order valence-corrected chi connectivity index (χ2v) is 7.49. The number of benzene rings is 1. The molecule has 0 aliphatic carbocycles. The molecule has 1 amide bonds. The van der Waals surface area contributed by atoms with Crippen LogP contribution in [0.2, 0.25) is 0 Å². The highest BCUT2D eigenvalue weighted by atomic mass is 32.1. The van der Waals surface area contributed by atoms with E-state index in [1.54, 1.807) is 18.4 Å². The Labute approximate surface area is 159 Å². The first-order valence-corrected chi connectivity index (χ1v) is 10.0. The molecule has 0 spiro atoms. The number of anilines is 1. The van der Waals surface area contributed by atoms with E-state index in [4.69, 9.17) is 4.74 Å². The number of carbonyl (C=O) groups is 1. The lowest BCUT2D eigenvalue weighted by molar-refractivity contribution is -0.120. The summed E-state index contributed by atoms with van der Waals surface area (Å²) in [4.78, 5) is 17.9. The van der Waals surface area contributed by atoms with Gasteiger partial charge in [0.25, 0.3) is 0 Å². The van der Waals surface area contributed by atoms with E-state index < -0.39 is 0 Å². The molecule has 0 bridgehead atoms. The van der Waals surface area contributed by atoms with Crippen molar-refractivity contribution in [1.29, 1.82) is 0 Å². The molecular weight excluding hydrogens is 346 g/mol. The molecule has 3 rings (SSSR count). The van der Waals surface area contributed by atoms with Crippen molar-refractivity contribution in [3.05, 3.63) is 46.7 Å². The van der Waals surface area contributed by atoms with Gasteiger partial charge in [0.2, 0.25) is 5.91 Å². The number of piperazine rings is 1. The van der Waals surface area contributed by atoms with E-state index in [1.165, 1.54) is 5.69 Å². The highest BCUT2D eigenvalue weighted by molar-refractivity contribution is 7.10. The fourth-order valence-electron chi connectivity index (χ4n) is 3.27. The summed E-state index contributed by atoms with van der Waals surface area (Å²) in [5.74, 6) is 1.06. The predicted octanol–water partition coefficient (Wildman–Crippen LogP) is 2.63. The Morgan fingerprint density at radius 1 is 1.15 bits per heavy atom. The number of hydrogen-bond donors (Lipinski definition) is 1. The average molecular weight is 374 g/mol. The van der Waals surface area contributed by atoms with Crippen LogP contribution in [0, 0.1) is 0 Å². The first kappa shape index (κ1) is 18.7. The molecule has 2 aromatic rings. The third-order valence-corrected chi connectivity index (χ3v) is 5.56. The van der Waals surface area contributed by atoms with Crippen LogP contribution in [0.5, 0.6) is 5.75 Å². The largest absolute Gasteiger partial charge is 0.495 e. The van der Waals surface area contributed by atoms with Gasteiger partial charge in [-0.1, -0.05) is 18.2 Å². The fourth-order valence-corrected chi connectivity index (χ4v) is 3.97. The number of hydrogen-bond acceptors (Lipinski definition) is 5. The Balaban J connectivity index is 1.33. The van der Waals surface area contributed by atoms with Gasteiger partial charge in [-0.05, 0) is 36.5 Å². The number of ether oxygens (including phenoxy) is 1. The van der Waals surface area contributed by atoms with Crippen LogP contribution in [0.4, 0.5) is 5.69 Å².